The molecular weight excluding hydrogens is 210 g/mol. The number of hydrogen-bond donors (Lipinski definition) is 1. The van der Waals surface area contributed by atoms with Crippen LogP contribution >= 0.6 is 0 Å². The van der Waals surface area contributed by atoms with Gasteiger partial charge in [-0.1, -0.05) is 26.7 Å². The van der Waals surface area contributed by atoms with Gasteiger partial charge in [-0.2, -0.15) is 5.10 Å². The van der Waals surface area contributed by atoms with Gasteiger partial charge in [0.15, 0.2) is 0 Å². The molecule has 17 heavy (non-hydrogen) atoms. The Morgan fingerprint density at radius 3 is 2.65 bits per heavy atom. The second kappa shape index (κ2) is 7.49. The minimum atomic E-state index is 0.411. The van der Waals surface area contributed by atoms with E-state index in [-0.39, 0.29) is 0 Å². The van der Waals surface area contributed by atoms with Crippen molar-refractivity contribution in [3.05, 3.63) is 18.0 Å². The Balaban J connectivity index is 2.18. The first-order chi connectivity index (χ1) is 8.13. The molecule has 0 bridgehead atoms. The molecule has 0 radical (unpaired) electrons. The summed E-state index contributed by atoms with van der Waals surface area (Å²) in [5.74, 6) is 0.829. The van der Waals surface area contributed by atoms with Crippen molar-refractivity contribution >= 4 is 0 Å². The van der Waals surface area contributed by atoms with Crippen LogP contribution in [0.5, 0.6) is 0 Å². The fraction of sp³-hybridized carbons (Fsp3) is 0.786. The maximum atomic E-state index is 4.30. The summed E-state index contributed by atoms with van der Waals surface area (Å²) in [4.78, 5) is 0. The second-order valence-electron chi connectivity index (χ2n) is 5.19. The average Bonchev–Trinajstić information content (AvgIpc) is 2.76. The van der Waals surface area contributed by atoms with Crippen molar-refractivity contribution in [2.45, 2.75) is 59.5 Å². The van der Waals surface area contributed by atoms with E-state index in [0.717, 1.165) is 19.0 Å². The Labute approximate surface area is 106 Å². The Morgan fingerprint density at radius 2 is 2.06 bits per heavy atom. The van der Waals surface area contributed by atoms with Crippen molar-refractivity contribution in [3.8, 4) is 0 Å². The average molecular weight is 237 g/mol. The van der Waals surface area contributed by atoms with Crippen LogP contribution in [0.15, 0.2) is 12.4 Å². The molecule has 1 aromatic heterocycles. The third kappa shape index (κ3) is 5.35. The molecule has 0 saturated heterocycles. The largest absolute Gasteiger partial charge is 0.310 e. The van der Waals surface area contributed by atoms with E-state index in [0.29, 0.717) is 6.04 Å². The van der Waals surface area contributed by atoms with Crippen LogP contribution in [-0.2, 0) is 6.54 Å². The fourth-order valence-electron chi connectivity index (χ4n) is 1.89. The smallest absolute Gasteiger partial charge is 0.0537 e. The third-order valence-electron chi connectivity index (χ3n) is 3.14. The van der Waals surface area contributed by atoms with Gasteiger partial charge in [0.25, 0.3) is 0 Å². The molecule has 1 atom stereocenters. The molecule has 0 aliphatic heterocycles. The van der Waals surface area contributed by atoms with Crippen LogP contribution in [-0.4, -0.2) is 16.3 Å². The lowest BCUT2D eigenvalue weighted by Crippen LogP contribution is -2.19. The van der Waals surface area contributed by atoms with Gasteiger partial charge in [-0.05, 0) is 32.7 Å². The third-order valence-corrected chi connectivity index (χ3v) is 3.14. The van der Waals surface area contributed by atoms with Crippen LogP contribution in [0.4, 0.5) is 0 Å². The SMILES string of the molecule is CCn1cc(C(C)NCCCCC(C)C)cn1. The first-order valence-corrected chi connectivity index (χ1v) is 6.89. The summed E-state index contributed by atoms with van der Waals surface area (Å²) in [6.07, 6.45) is 8.03. The predicted molar refractivity (Wildman–Crippen MR) is 73.0 cm³/mol. The summed E-state index contributed by atoms with van der Waals surface area (Å²) < 4.78 is 1.98. The molecule has 0 saturated carbocycles. The van der Waals surface area contributed by atoms with Crippen molar-refractivity contribution in [1.82, 2.24) is 15.1 Å². The lowest BCUT2D eigenvalue weighted by molar-refractivity contribution is 0.498. The van der Waals surface area contributed by atoms with Crippen LogP contribution in [0.2, 0.25) is 0 Å². The minimum absolute atomic E-state index is 0.411. The van der Waals surface area contributed by atoms with Crippen molar-refractivity contribution in [1.29, 1.82) is 0 Å². The summed E-state index contributed by atoms with van der Waals surface area (Å²) in [6, 6.07) is 0.411. The Hall–Kier alpha value is -0.830. The van der Waals surface area contributed by atoms with Gasteiger partial charge < -0.3 is 5.32 Å². The van der Waals surface area contributed by atoms with Crippen molar-refractivity contribution < 1.29 is 0 Å². The molecule has 0 spiro atoms. The normalized spacial score (nSPS) is 13.2. The number of nitrogens with zero attached hydrogens (tertiary/aromatic N) is 2. The van der Waals surface area contributed by atoms with Crippen LogP contribution < -0.4 is 5.32 Å². The van der Waals surface area contributed by atoms with Crippen LogP contribution in [0, 0.1) is 5.92 Å². The van der Waals surface area contributed by atoms with Gasteiger partial charge in [-0.15, -0.1) is 0 Å². The van der Waals surface area contributed by atoms with E-state index in [1.807, 2.05) is 10.9 Å². The van der Waals surface area contributed by atoms with Gasteiger partial charge in [0.1, 0.15) is 0 Å². The molecule has 0 amide bonds. The first kappa shape index (κ1) is 14.2. The molecule has 0 fully saturated rings. The van der Waals surface area contributed by atoms with Crippen molar-refractivity contribution in [3.63, 3.8) is 0 Å². The molecule has 3 nitrogen and oxygen atoms in total. The molecule has 98 valence electrons. The molecule has 1 heterocycles. The lowest BCUT2D eigenvalue weighted by Gasteiger charge is -2.12. The maximum absolute atomic E-state index is 4.30. The van der Waals surface area contributed by atoms with Crippen LogP contribution in [0.3, 0.4) is 0 Å². The first-order valence-electron chi connectivity index (χ1n) is 6.89. The summed E-state index contributed by atoms with van der Waals surface area (Å²) >= 11 is 0. The zero-order valence-electron chi connectivity index (χ0n) is 11.7. The molecule has 1 unspecified atom stereocenters. The number of aromatic nitrogens is 2. The molecule has 1 N–H and O–H groups in total. The molecule has 3 heteroatoms. The van der Waals surface area contributed by atoms with Crippen molar-refractivity contribution in [2.75, 3.05) is 6.54 Å². The Kier molecular flexibility index (Phi) is 6.27. The van der Waals surface area contributed by atoms with Gasteiger partial charge in [-0.3, -0.25) is 4.68 Å². The van der Waals surface area contributed by atoms with Crippen LogP contribution in [0.1, 0.15) is 58.6 Å². The summed E-state index contributed by atoms with van der Waals surface area (Å²) in [7, 11) is 0. The van der Waals surface area contributed by atoms with Crippen LogP contribution in [0.25, 0.3) is 0 Å². The van der Waals surface area contributed by atoms with Crippen molar-refractivity contribution in [2.24, 2.45) is 5.92 Å². The number of hydrogen-bond acceptors (Lipinski definition) is 2. The minimum Gasteiger partial charge on any atom is -0.310 e. The number of nitrogens with one attached hydrogen (secondary N) is 1. The Bertz CT molecular complexity index is 304. The zero-order valence-corrected chi connectivity index (χ0v) is 11.7. The molecule has 0 aromatic carbocycles. The zero-order chi connectivity index (χ0) is 12.7. The van der Waals surface area contributed by atoms with Gasteiger partial charge in [0.2, 0.25) is 0 Å². The standard InChI is InChI=1S/C14H27N3/c1-5-17-11-14(10-16-17)13(4)15-9-7-6-8-12(2)3/h10-13,15H,5-9H2,1-4H3. The van der Waals surface area contributed by atoms with Gasteiger partial charge in [-0.25, -0.2) is 0 Å². The summed E-state index contributed by atoms with van der Waals surface area (Å²) in [6.45, 7) is 10.9. The number of rotatable bonds is 8. The second-order valence-corrected chi connectivity index (χ2v) is 5.19. The molecule has 1 aromatic rings. The Morgan fingerprint density at radius 1 is 1.29 bits per heavy atom. The molecular formula is C14H27N3. The monoisotopic (exact) mass is 237 g/mol. The quantitative estimate of drug-likeness (QED) is 0.702. The van der Waals surface area contributed by atoms with E-state index in [2.05, 4.69) is 44.3 Å². The predicted octanol–water partition coefficient (Wildman–Crippen LogP) is 3.38. The topological polar surface area (TPSA) is 29.9 Å². The van der Waals surface area contributed by atoms with Gasteiger partial charge >= 0.3 is 0 Å². The highest BCUT2D eigenvalue weighted by Crippen LogP contribution is 2.11. The van der Waals surface area contributed by atoms with E-state index < -0.39 is 0 Å². The summed E-state index contributed by atoms with van der Waals surface area (Å²) in [5.41, 5.74) is 1.29. The van der Waals surface area contributed by atoms with Gasteiger partial charge in [0.05, 0.1) is 6.20 Å². The van der Waals surface area contributed by atoms with E-state index in [1.165, 1.54) is 24.8 Å². The summed E-state index contributed by atoms with van der Waals surface area (Å²) in [5, 5.41) is 7.86. The number of aryl methyl sites for hydroxylation is 1. The van der Waals surface area contributed by atoms with E-state index in [4.69, 9.17) is 0 Å². The van der Waals surface area contributed by atoms with E-state index >= 15 is 0 Å². The molecule has 0 aliphatic carbocycles. The highest BCUT2D eigenvalue weighted by Gasteiger charge is 2.06. The molecule has 0 aliphatic rings. The maximum Gasteiger partial charge on any atom is 0.0537 e. The molecule has 1 rings (SSSR count). The highest BCUT2D eigenvalue weighted by molar-refractivity contribution is 5.08. The van der Waals surface area contributed by atoms with E-state index in [9.17, 15) is 0 Å². The number of unbranched alkanes of at least 4 members (excludes halogenated alkanes) is 1. The van der Waals surface area contributed by atoms with Gasteiger partial charge in [0, 0.05) is 24.3 Å². The fourth-order valence-corrected chi connectivity index (χ4v) is 1.89. The van der Waals surface area contributed by atoms with E-state index in [1.54, 1.807) is 0 Å². The highest BCUT2D eigenvalue weighted by atomic mass is 15.3. The lowest BCUT2D eigenvalue weighted by atomic mass is 10.1.